The molecule has 94 valence electrons. The van der Waals surface area contributed by atoms with E-state index in [9.17, 15) is 0 Å². The minimum absolute atomic E-state index is 0.915. The van der Waals surface area contributed by atoms with Gasteiger partial charge in [0.25, 0.3) is 0 Å². The van der Waals surface area contributed by atoms with Gasteiger partial charge in [0.05, 0.1) is 5.52 Å². The molecule has 0 fully saturated rings. The lowest BCUT2D eigenvalue weighted by molar-refractivity contribution is 0.727. The molecule has 1 aliphatic heterocycles. The second-order valence-electron chi connectivity index (χ2n) is 4.82. The van der Waals surface area contributed by atoms with Crippen molar-refractivity contribution in [3.05, 3.63) is 35.5 Å². The number of rotatable bonds is 3. The predicted molar refractivity (Wildman–Crippen MR) is 75.9 cm³/mol. The first-order valence-corrected chi connectivity index (χ1v) is 6.73. The van der Waals surface area contributed by atoms with Crippen molar-refractivity contribution < 1.29 is 0 Å². The molecule has 2 heterocycles. The number of nitrogens with one attached hydrogen (secondary N) is 2. The largest absolute Gasteiger partial charge is 0.384 e. The van der Waals surface area contributed by atoms with Gasteiger partial charge in [-0.25, -0.2) is 0 Å². The number of nitrogens with zero attached hydrogens (tertiary/aromatic N) is 1. The van der Waals surface area contributed by atoms with Crippen LogP contribution in [0.15, 0.2) is 24.4 Å². The molecule has 3 heteroatoms. The maximum Gasteiger partial charge on any atom is 0.0726 e. The first-order valence-electron chi connectivity index (χ1n) is 6.73. The molecule has 0 radical (unpaired) electrons. The zero-order chi connectivity index (χ0) is 12.4. The average Bonchev–Trinajstić information content (AvgIpc) is 2.44. The molecule has 0 saturated carbocycles. The van der Waals surface area contributed by atoms with Gasteiger partial charge in [-0.2, -0.15) is 0 Å². The van der Waals surface area contributed by atoms with Crippen LogP contribution >= 0.6 is 0 Å². The molecular weight excluding hydrogens is 222 g/mol. The fourth-order valence-corrected chi connectivity index (χ4v) is 2.55. The van der Waals surface area contributed by atoms with Crippen LogP contribution in [0.3, 0.4) is 0 Å². The highest BCUT2D eigenvalue weighted by molar-refractivity contribution is 5.93. The molecule has 1 aliphatic rings. The first kappa shape index (κ1) is 11.5. The van der Waals surface area contributed by atoms with Crippen molar-refractivity contribution in [3.63, 3.8) is 0 Å². The molecule has 0 spiro atoms. The van der Waals surface area contributed by atoms with Crippen molar-refractivity contribution in [1.29, 1.82) is 0 Å². The lowest BCUT2D eigenvalue weighted by Gasteiger charge is -2.19. The predicted octanol–water partition coefficient (Wildman–Crippen LogP) is 2.70. The second-order valence-corrected chi connectivity index (χ2v) is 4.82. The van der Waals surface area contributed by atoms with Gasteiger partial charge in [-0.05, 0) is 36.6 Å². The molecule has 3 rings (SSSR count). The summed E-state index contributed by atoms with van der Waals surface area (Å²) in [6.07, 6.45) is 4.38. The van der Waals surface area contributed by atoms with Crippen LogP contribution in [0.2, 0.25) is 0 Å². The molecule has 0 amide bonds. The summed E-state index contributed by atoms with van der Waals surface area (Å²) in [4.78, 5) is 4.60. The maximum absolute atomic E-state index is 4.60. The Bertz CT molecular complexity index is 563. The third-order valence-electron chi connectivity index (χ3n) is 3.52. The van der Waals surface area contributed by atoms with Crippen molar-refractivity contribution in [2.45, 2.75) is 26.3 Å². The molecule has 18 heavy (non-hydrogen) atoms. The van der Waals surface area contributed by atoms with Crippen LogP contribution in [0.25, 0.3) is 10.9 Å². The Hall–Kier alpha value is -1.61. The Morgan fingerprint density at radius 2 is 2.33 bits per heavy atom. The lowest BCUT2D eigenvalue weighted by atomic mass is 10.0. The van der Waals surface area contributed by atoms with Crippen molar-refractivity contribution >= 4 is 16.6 Å². The fraction of sp³-hybridized carbons (Fsp3) is 0.400. The molecule has 0 unspecified atom stereocenters. The second kappa shape index (κ2) is 4.94. The van der Waals surface area contributed by atoms with E-state index in [0.717, 1.165) is 31.6 Å². The van der Waals surface area contributed by atoms with E-state index in [2.05, 4.69) is 40.7 Å². The van der Waals surface area contributed by atoms with Gasteiger partial charge in [-0.3, -0.25) is 4.98 Å². The normalized spacial score (nSPS) is 14.3. The maximum atomic E-state index is 4.60. The monoisotopic (exact) mass is 241 g/mol. The van der Waals surface area contributed by atoms with Crippen LogP contribution < -0.4 is 10.6 Å². The Morgan fingerprint density at radius 3 is 3.22 bits per heavy atom. The summed E-state index contributed by atoms with van der Waals surface area (Å²) in [5.41, 5.74) is 5.04. The summed E-state index contributed by atoms with van der Waals surface area (Å²) in [7, 11) is 0. The SMILES string of the molecule is CCNCc1ccc2c3c(cnc2c1)CCCN3. The van der Waals surface area contributed by atoms with E-state index < -0.39 is 0 Å². The molecule has 0 saturated heterocycles. The molecule has 0 atom stereocenters. The van der Waals surface area contributed by atoms with Gasteiger partial charge in [0.15, 0.2) is 0 Å². The number of fused-ring (bicyclic) bond motifs is 3. The van der Waals surface area contributed by atoms with Gasteiger partial charge >= 0.3 is 0 Å². The van der Waals surface area contributed by atoms with Crippen molar-refractivity contribution in [2.24, 2.45) is 0 Å². The molecule has 2 aromatic rings. The number of anilines is 1. The molecule has 0 aliphatic carbocycles. The molecule has 1 aromatic heterocycles. The smallest absolute Gasteiger partial charge is 0.0726 e. The van der Waals surface area contributed by atoms with E-state index in [1.807, 2.05) is 6.20 Å². The van der Waals surface area contributed by atoms with E-state index in [1.54, 1.807) is 0 Å². The first-order chi connectivity index (χ1) is 8.88. The van der Waals surface area contributed by atoms with E-state index in [0.29, 0.717) is 0 Å². The number of aryl methyl sites for hydroxylation is 1. The van der Waals surface area contributed by atoms with Crippen LogP contribution in [0.5, 0.6) is 0 Å². The van der Waals surface area contributed by atoms with Gasteiger partial charge < -0.3 is 10.6 Å². The van der Waals surface area contributed by atoms with E-state index >= 15 is 0 Å². The van der Waals surface area contributed by atoms with Crippen LogP contribution in [0.4, 0.5) is 5.69 Å². The number of hydrogen-bond acceptors (Lipinski definition) is 3. The third-order valence-corrected chi connectivity index (χ3v) is 3.52. The third kappa shape index (κ3) is 2.06. The Labute approximate surface area is 108 Å². The highest BCUT2D eigenvalue weighted by Crippen LogP contribution is 2.29. The number of aromatic nitrogens is 1. The van der Waals surface area contributed by atoms with Crippen molar-refractivity contribution in [2.75, 3.05) is 18.4 Å². The van der Waals surface area contributed by atoms with E-state index in [-0.39, 0.29) is 0 Å². The minimum atomic E-state index is 0.915. The summed E-state index contributed by atoms with van der Waals surface area (Å²) in [5, 5.41) is 8.12. The van der Waals surface area contributed by atoms with Gasteiger partial charge in [0.2, 0.25) is 0 Å². The highest BCUT2D eigenvalue weighted by Gasteiger charge is 2.12. The van der Waals surface area contributed by atoms with Crippen molar-refractivity contribution in [1.82, 2.24) is 10.3 Å². The summed E-state index contributed by atoms with van der Waals surface area (Å²) < 4.78 is 0. The average molecular weight is 241 g/mol. The molecule has 2 N–H and O–H groups in total. The van der Waals surface area contributed by atoms with Gasteiger partial charge in [0, 0.05) is 30.4 Å². The van der Waals surface area contributed by atoms with Gasteiger partial charge in [0.1, 0.15) is 0 Å². The molecule has 0 bridgehead atoms. The summed E-state index contributed by atoms with van der Waals surface area (Å²) in [6, 6.07) is 6.59. The summed E-state index contributed by atoms with van der Waals surface area (Å²) in [5.74, 6) is 0. The Morgan fingerprint density at radius 1 is 1.39 bits per heavy atom. The van der Waals surface area contributed by atoms with Gasteiger partial charge in [-0.15, -0.1) is 0 Å². The lowest BCUT2D eigenvalue weighted by Crippen LogP contribution is -2.13. The quantitative estimate of drug-likeness (QED) is 0.867. The van der Waals surface area contributed by atoms with Gasteiger partial charge in [-0.1, -0.05) is 19.1 Å². The molecular formula is C15H19N3. The van der Waals surface area contributed by atoms with Crippen LogP contribution in [0, 0.1) is 0 Å². The number of hydrogen-bond donors (Lipinski definition) is 2. The number of benzene rings is 1. The summed E-state index contributed by atoms with van der Waals surface area (Å²) in [6.45, 7) is 5.11. The summed E-state index contributed by atoms with van der Waals surface area (Å²) >= 11 is 0. The van der Waals surface area contributed by atoms with Crippen LogP contribution in [0.1, 0.15) is 24.5 Å². The van der Waals surface area contributed by atoms with E-state index in [1.165, 1.54) is 28.6 Å². The number of pyridine rings is 1. The standard InChI is InChI=1S/C15H19N3/c1-2-16-9-11-5-6-13-14(8-11)18-10-12-4-3-7-17-15(12)13/h5-6,8,10,16-17H,2-4,7,9H2,1H3. The van der Waals surface area contributed by atoms with Crippen LogP contribution in [-0.2, 0) is 13.0 Å². The highest BCUT2D eigenvalue weighted by atomic mass is 14.9. The van der Waals surface area contributed by atoms with E-state index in [4.69, 9.17) is 0 Å². The fourth-order valence-electron chi connectivity index (χ4n) is 2.55. The zero-order valence-corrected chi connectivity index (χ0v) is 10.8. The minimum Gasteiger partial charge on any atom is -0.384 e. The Balaban J connectivity index is 2.02. The molecule has 1 aromatic carbocycles. The van der Waals surface area contributed by atoms with Crippen molar-refractivity contribution in [3.8, 4) is 0 Å². The molecule has 3 nitrogen and oxygen atoms in total. The Kier molecular flexibility index (Phi) is 3.15. The van der Waals surface area contributed by atoms with Crippen LogP contribution in [-0.4, -0.2) is 18.1 Å². The topological polar surface area (TPSA) is 37.0 Å². The zero-order valence-electron chi connectivity index (χ0n) is 10.8.